The Hall–Kier alpha value is -1.42. The minimum absolute atomic E-state index is 0.0330. The normalized spacial score (nSPS) is 15.5. The zero-order valence-corrected chi connectivity index (χ0v) is 17.6. The van der Waals surface area contributed by atoms with E-state index in [-0.39, 0.29) is 13.3 Å². The summed E-state index contributed by atoms with van der Waals surface area (Å²) < 4.78 is 17.3. The highest BCUT2D eigenvalue weighted by molar-refractivity contribution is 9.10. The molecular weight excluding hydrogens is 420 g/mol. The molecule has 27 heavy (non-hydrogen) atoms. The van der Waals surface area contributed by atoms with Crippen LogP contribution in [0.4, 0.5) is 0 Å². The van der Waals surface area contributed by atoms with Crippen LogP contribution in [0.1, 0.15) is 37.1 Å². The second kappa shape index (κ2) is 11.4. The van der Waals surface area contributed by atoms with E-state index in [0.29, 0.717) is 24.3 Å². The van der Waals surface area contributed by atoms with Crippen LogP contribution in [0.15, 0.2) is 15.8 Å². The Morgan fingerprint density at radius 3 is 2.70 bits per heavy atom. The first-order chi connectivity index (χ1) is 12.9. The van der Waals surface area contributed by atoms with Crippen molar-refractivity contribution in [3.8, 4) is 5.75 Å². The number of halogens is 1. The van der Waals surface area contributed by atoms with Gasteiger partial charge in [0.2, 0.25) is 0 Å². The number of hydrogen-bond donors (Lipinski definition) is 2. The molecule has 152 valence electrons. The molecule has 0 radical (unpaired) electrons. The molecule has 0 spiro atoms. The van der Waals surface area contributed by atoms with E-state index in [4.69, 9.17) is 19.7 Å². The molecule has 10 heteroatoms. The lowest BCUT2D eigenvalue weighted by Crippen LogP contribution is -2.42. The number of hydrogen-bond acceptors (Lipinski definition) is 7. The zero-order valence-electron chi connectivity index (χ0n) is 16.1. The van der Waals surface area contributed by atoms with Crippen LogP contribution in [-0.4, -0.2) is 55.5 Å². The van der Waals surface area contributed by atoms with Gasteiger partial charge in [0.05, 0.1) is 19.8 Å². The predicted molar refractivity (Wildman–Crippen MR) is 103 cm³/mol. The van der Waals surface area contributed by atoms with Gasteiger partial charge in [0, 0.05) is 40.2 Å². The van der Waals surface area contributed by atoms with Gasteiger partial charge in [-0.2, -0.15) is 0 Å². The van der Waals surface area contributed by atoms with Gasteiger partial charge >= 0.3 is 0 Å². The molecule has 0 aromatic carbocycles. The average Bonchev–Trinajstić information content (AvgIpc) is 2.67. The summed E-state index contributed by atoms with van der Waals surface area (Å²) >= 11 is 3.43. The fraction of sp³-hybridized carbons (Fsp3) is 0.706. The summed E-state index contributed by atoms with van der Waals surface area (Å²) in [6, 6.07) is 0. The van der Waals surface area contributed by atoms with Crippen molar-refractivity contribution < 1.29 is 24.4 Å². The fourth-order valence-electron chi connectivity index (χ4n) is 3.00. The number of ether oxygens (including phenoxy) is 3. The number of rotatable bonds is 12. The molecule has 1 rings (SSSR count). The summed E-state index contributed by atoms with van der Waals surface area (Å²) in [7, 11) is 3.03. The summed E-state index contributed by atoms with van der Waals surface area (Å²) in [5.41, 5.74) is 8.88. The van der Waals surface area contributed by atoms with Crippen LogP contribution in [-0.2, 0) is 9.47 Å². The first kappa shape index (κ1) is 23.6. The highest BCUT2D eigenvalue weighted by Gasteiger charge is 2.44. The highest BCUT2D eigenvalue weighted by Crippen LogP contribution is 2.46. The van der Waals surface area contributed by atoms with Gasteiger partial charge in [-0.1, -0.05) is 12.0 Å². The second-order valence-electron chi connectivity index (χ2n) is 6.37. The molecule has 9 nitrogen and oxygen atoms in total. The minimum Gasteiger partial charge on any atom is -0.494 e. The monoisotopic (exact) mass is 446 g/mol. The van der Waals surface area contributed by atoms with E-state index in [9.17, 15) is 10.2 Å². The summed E-state index contributed by atoms with van der Waals surface area (Å²) in [4.78, 5) is 7.21. The third-order valence-corrected chi connectivity index (χ3v) is 5.42. The molecule has 0 aliphatic carbocycles. The minimum atomic E-state index is -1.10. The van der Waals surface area contributed by atoms with Crippen molar-refractivity contribution in [2.75, 3.05) is 34.2 Å². The Bertz CT molecular complexity index is 656. The average molecular weight is 447 g/mol. The van der Waals surface area contributed by atoms with Crippen LogP contribution >= 0.6 is 15.9 Å². The second-order valence-corrected chi connectivity index (χ2v) is 7.22. The van der Waals surface area contributed by atoms with Crippen LogP contribution < -0.4 is 4.74 Å². The molecule has 0 saturated heterocycles. The Kier molecular flexibility index (Phi) is 10.00. The fourth-order valence-corrected chi connectivity index (χ4v) is 3.28. The maximum atomic E-state index is 10.6. The molecule has 0 amide bonds. The number of nitrogens with zero attached hydrogens (tertiary/aromatic N) is 4. The quantitative estimate of drug-likeness (QED) is 0.166. The van der Waals surface area contributed by atoms with Crippen molar-refractivity contribution in [1.29, 1.82) is 0 Å². The highest BCUT2D eigenvalue weighted by atomic mass is 79.9. The summed E-state index contributed by atoms with van der Waals surface area (Å²) in [5.74, 6) is 0.525. The third kappa shape index (κ3) is 5.78. The van der Waals surface area contributed by atoms with Gasteiger partial charge in [0.25, 0.3) is 0 Å². The molecule has 1 aromatic rings. The lowest BCUT2D eigenvalue weighted by atomic mass is 9.73. The smallest absolute Gasteiger partial charge is 0.147 e. The maximum absolute atomic E-state index is 10.6. The van der Waals surface area contributed by atoms with Crippen molar-refractivity contribution in [2.45, 2.75) is 38.9 Å². The van der Waals surface area contributed by atoms with E-state index in [1.807, 2.05) is 6.92 Å². The van der Waals surface area contributed by atoms with Gasteiger partial charge in [-0.3, -0.25) is 4.98 Å². The first-order valence-corrected chi connectivity index (χ1v) is 9.25. The van der Waals surface area contributed by atoms with Gasteiger partial charge in [0.1, 0.15) is 24.3 Å². The van der Waals surface area contributed by atoms with Crippen molar-refractivity contribution in [3.63, 3.8) is 0 Å². The maximum Gasteiger partial charge on any atom is 0.147 e. The van der Waals surface area contributed by atoms with Crippen molar-refractivity contribution in [2.24, 2.45) is 10.5 Å². The number of aliphatic hydroxyl groups is 2. The van der Waals surface area contributed by atoms with E-state index < -0.39 is 24.2 Å². The van der Waals surface area contributed by atoms with E-state index >= 15 is 0 Å². The van der Waals surface area contributed by atoms with Gasteiger partial charge in [-0.15, -0.1) is 0 Å². The molecule has 0 aliphatic rings. The van der Waals surface area contributed by atoms with E-state index in [2.05, 4.69) is 30.9 Å². The predicted octanol–water partition coefficient (Wildman–Crippen LogP) is 3.27. The van der Waals surface area contributed by atoms with Gasteiger partial charge < -0.3 is 24.4 Å². The molecule has 0 fully saturated rings. The molecule has 3 atom stereocenters. The molecule has 0 bridgehead atoms. The zero-order chi connectivity index (χ0) is 20.4. The van der Waals surface area contributed by atoms with E-state index in [1.54, 1.807) is 13.1 Å². The van der Waals surface area contributed by atoms with E-state index in [0.717, 1.165) is 10.0 Å². The number of pyridine rings is 1. The van der Waals surface area contributed by atoms with Gasteiger partial charge in [-0.25, -0.2) is 0 Å². The summed E-state index contributed by atoms with van der Waals surface area (Å²) in [6.07, 6.45) is 0.736. The van der Waals surface area contributed by atoms with Crippen molar-refractivity contribution in [1.82, 2.24) is 4.98 Å². The van der Waals surface area contributed by atoms with Crippen LogP contribution in [0.5, 0.6) is 5.75 Å². The van der Waals surface area contributed by atoms with Crippen LogP contribution in [0.25, 0.3) is 10.4 Å². The van der Waals surface area contributed by atoms with E-state index in [1.165, 1.54) is 14.2 Å². The lowest BCUT2D eigenvalue weighted by molar-refractivity contribution is -0.159. The molecular formula is C17H27BrN4O5. The number of aromatic nitrogens is 1. The third-order valence-electron chi connectivity index (χ3n) is 4.62. The Balaban J connectivity index is 3.42. The molecule has 2 N–H and O–H groups in total. The largest absolute Gasteiger partial charge is 0.494 e. The standard InChI is InChI=1S/C17H27BrN4O5/c1-11-12(18)8-20-14(15(11)26-4)16(27-10-25-3)17(2,13(24)9-23)6-5-7-21-22-19/h8,13,16,23-24H,5-7,9-10H2,1-4H3. The SMILES string of the molecule is COCOC(c1ncc(Br)c(C)c1OC)C(C)(CCCN=[N+]=[N-])C(O)CO. The first-order valence-electron chi connectivity index (χ1n) is 8.46. The number of methoxy groups -OCH3 is 2. The molecule has 1 heterocycles. The topological polar surface area (TPSA) is 130 Å². The number of azide groups is 1. The molecule has 3 unspecified atom stereocenters. The Morgan fingerprint density at radius 1 is 1.44 bits per heavy atom. The van der Waals surface area contributed by atoms with Crippen molar-refractivity contribution in [3.05, 3.63) is 32.4 Å². The van der Waals surface area contributed by atoms with Gasteiger partial charge in [-0.05, 0) is 41.2 Å². The summed E-state index contributed by atoms with van der Waals surface area (Å²) in [5, 5.41) is 23.8. The van der Waals surface area contributed by atoms with Crippen LogP contribution in [0.2, 0.25) is 0 Å². The Labute approximate surface area is 167 Å². The Morgan fingerprint density at radius 2 is 2.15 bits per heavy atom. The van der Waals surface area contributed by atoms with Crippen molar-refractivity contribution >= 4 is 15.9 Å². The lowest BCUT2D eigenvalue weighted by Gasteiger charge is -2.40. The molecule has 0 aliphatic heterocycles. The summed E-state index contributed by atoms with van der Waals surface area (Å²) in [6.45, 7) is 3.45. The molecule has 0 saturated carbocycles. The van der Waals surface area contributed by atoms with Crippen LogP contribution in [0, 0.1) is 12.3 Å². The van der Waals surface area contributed by atoms with Crippen LogP contribution in [0.3, 0.4) is 0 Å². The molecule has 1 aromatic heterocycles. The number of aliphatic hydroxyl groups excluding tert-OH is 2. The van der Waals surface area contributed by atoms with Gasteiger partial charge in [0.15, 0.2) is 0 Å².